The Labute approximate surface area is 958 Å². The van der Waals surface area contributed by atoms with E-state index < -0.39 is 30.6 Å². The maximum Gasteiger partial charge on any atom is 0.285 e. The maximum atomic E-state index is 13.9. The van der Waals surface area contributed by atoms with Crippen molar-refractivity contribution in [3.05, 3.63) is 35.3 Å². The SMILES string of the molecule is CC(=O)C[C@@H]1CCCN(c2nnc(Br)s2)C1.CC(=O)C[C@H]1CCCN(c2nnc(Br)s2)C1.CC(=O)N1CCN(c2nnc(Br)s2)C2CC21.CC(=O)N1CCN(c2nnc(Br)s2)CC1.CC(=O)NC1CCN(c2nnc(Br)s2)CC1(F)F.CC(=O)NC1CCN(c2nnc(Br)s2)[C@@H](C)C1.CC(=O)NC1[C@H]2CN(c3nnc(Br)s3)C[C@@H]12.CC(=O)NC1[C@H]2CN(c3nnc(Br)s3)C[C@@H]12.CC(=O)N[C@@H]1CCN(c2nnc(Br)s2)C[C@@H]1F. The Hall–Kier alpha value is -6.02. The van der Waals surface area contributed by atoms with Crippen LogP contribution in [-0.2, 0) is 43.2 Å². The van der Waals surface area contributed by atoms with Gasteiger partial charge in [-0.1, -0.05) is 102 Å². The Morgan fingerprint density at radius 1 is 0.333 bits per heavy atom. The molecule has 0 bridgehead atoms. The van der Waals surface area contributed by atoms with E-state index in [0.29, 0.717) is 116 Å². The van der Waals surface area contributed by atoms with E-state index in [1.807, 2.05) is 14.7 Å². The van der Waals surface area contributed by atoms with Gasteiger partial charge in [0, 0.05) is 220 Å². The fourth-order valence-corrected chi connectivity index (χ4v) is 29.1. The van der Waals surface area contributed by atoms with E-state index in [1.54, 1.807) is 116 Å². The Kier molecular flexibility index (Phi) is 44.5. The lowest BCUT2D eigenvalue weighted by atomic mass is 9.93. The molecule has 18 heterocycles. The number of carbonyl (C=O) groups excluding carboxylic acids is 9. The van der Waals surface area contributed by atoms with Crippen molar-refractivity contribution in [1.82, 2.24) is 128 Å². The number of anilines is 9. The van der Waals surface area contributed by atoms with Gasteiger partial charge in [-0.3, -0.25) is 33.6 Å². The lowest BCUT2D eigenvalue weighted by molar-refractivity contribution is -0.130. The minimum absolute atomic E-state index is 0.0503. The molecule has 3 aliphatic carbocycles. The normalized spacial score (nSPS) is 24.7. The highest BCUT2D eigenvalue weighted by Gasteiger charge is 2.58. The number of aromatic nitrogens is 18. The fraction of sp³-hybridized carbons (Fsp3) is 0.675. The van der Waals surface area contributed by atoms with Gasteiger partial charge in [0.2, 0.25) is 87.5 Å². The predicted octanol–water partition coefficient (Wildman–Crippen LogP) is 13.6. The largest absolute Gasteiger partial charge is 0.353 e. The molecule has 0 radical (unpaired) electrons. The van der Waals surface area contributed by atoms with Gasteiger partial charge in [-0.2, -0.15) is 0 Å². The number of amides is 7. The number of nitrogens with one attached hydrogen (secondary N) is 5. The van der Waals surface area contributed by atoms with Crippen LogP contribution >= 0.6 is 245 Å². The highest BCUT2D eigenvalue weighted by atomic mass is 79.9. The molecule has 804 valence electrons. The Morgan fingerprint density at radius 2 is 0.687 bits per heavy atom. The van der Waals surface area contributed by atoms with Crippen LogP contribution in [0.15, 0.2) is 35.3 Å². The molecule has 15 atom stereocenters. The summed E-state index contributed by atoms with van der Waals surface area (Å²) in [5.41, 5.74) is 0. The summed E-state index contributed by atoms with van der Waals surface area (Å²) in [4.78, 5) is 122. The molecule has 7 amide bonds. The first-order valence-electron chi connectivity index (χ1n) is 47.0. The van der Waals surface area contributed by atoms with Gasteiger partial charge >= 0.3 is 0 Å². The highest BCUT2D eigenvalue weighted by molar-refractivity contribution is 9.12. The molecule has 9 aliphatic heterocycles. The van der Waals surface area contributed by atoms with Gasteiger partial charge < -0.3 is 90.1 Å². The summed E-state index contributed by atoms with van der Waals surface area (Å²) in [6, 6.07) is 0.805. The van der Waals surface area contributed by atoms with Crippen LogP contribution in [0.25, 0.3) is 0 Å². The molecule has 6 unspecified atom stereocenters. The first kappa shape index (κ1) is 118. The van der Waals surface area contributed by atoms with Crippen LogP contribution in [0.2, 0.25) is 0 Å². The maximum absolute atomic E-state index is 13.9. The predicted molar refractivity (Wildman–Crippen MR) is 596 cm³/mol. The van der Waals surface area contributed by atoms with Gasteiger partial charge in [-0.25, -0.2) is 13.2 Å². The van der Waals surface area contributed by atoms with E-state index in [4.69, 9.17) is 0 Å². The molecule has 3 saturated carbocycles. The fourth-order valence-electron chi connectivity index (χ4n) is 18.9. The van der Waals surface area contributed by atoms with Crippen LogP contribution in [0.4, 0.5) is 59.4 Å². The summed E-state index contributed by atoms with van der Waals surface area (Å²) in [6.45, 7) is 30.6. The summed E-state index contributed by atoms with van der Waals surface area (Å²) >= 11 is 43.0. The second-order valence-electron chi connectivity index (χ2n) is 36.7. The highest BCUT2D eigenvalue weighted by Crippen LogP contribution is 2.50. The lowest BCUT2D eigenvalue weighted by Gasteiger charge is -2.38. The minimum atomic E-state index is -2.97. The molecule has 9 saturated heterocycles. The average molecular weight is 2790 g/mol. The smallest absolute Gasteiger partial charge is 0.285 e. The Balaban J connectivity index is 0.000000138. The zero-order chi connectivity index (χ0) is 106. The van der Waals surface area contributed by atoms with Gasteiger partial charge in [-0.05, 0) is 234 Å². The van der Waals surface area contributed by atoms with Crippen molar-refractivity contribution in [3.8, 4) is 0 Å². The van der Waals surface area contributed by atoms with E-state index in [9.17, 15) is 56.3 Å². The Morgan fingerprint density at radius 3 is 1.03 bits per heavy atom. The number of halogens is 12. The van der Waals surface area contributed by atoms with Crippen molar-refractivity contribution in [2.24, 2.45) is 35.5 Å². The van der Waals surface area contributed by atoms with E-state index in [1.165, 1.54) is 52.8 Å². The van der Waals surface area contributed by atoms with Crippen LogP contribution < -0.4 is 70.7 Å². The van der Waals surface area contributed by atoms with E-state index in [-0.39, 0.29) is 72.1 Å². The summed E-state index contributed by atoms with van der Waals surface area (Å²) in [6.07, 6.45) is 8.62. The third-order valence-corrected chi connectivity index (χ3v) is 38.3. The van der Waals surface area contributed by atoms with Gasteiger partial charge in [0.15, 0.2) is 35.3 Å². The van der Waals surface area contributed by atoms with Crippen LogP contribution in [0.3, 0.4) is 0 Å². The van der Waals surface area contributed by atoms with Gasteiger partial charge in [0.25, 0.3) is 5.92 Å². The van der Waals surface area contributed by atoms with Crippen LogP contribution in [0.5, 0.6) is 0 Å². The number of nitrogens with zero attached hydrogens (tertiary/aromatic N) is 29. The minimum Gasteiger partial charge on any atom is -0.353 e. The van der Waals surface area contributed by atoms with Crippen molar-refractivity contribution in [3.63, 3.8) is 0 Å². The zero-order valence-electron chi connectivity index (χ0n) is 81.2. The number of Topliss-reactive ketones (excluding diaryl/α,β-unsaturated/α-hetero) is 2. The second-order valence-corrected chi connectivity index (χ2v) is 56.8. The first-order valence-corrected chi connectivity index (χ1v) is 61.5. The average Bonchev–Trinajstić information content (AvgIpc) is 1.58. The standard InChI is InChI=1S/C10H15BrN4OS.2C10H14BrN3OS.C9H11BrF2N4OS.C9H12BrFN4OS.3C9H11BrN4OS.C8H11BrN4OS/c1-6-5-8(12-7(2)16)3-4-15(6)10-14-13-9(11)17-10;2*1-7(15)5-8-3-2-4-14(6-8)10-13-12-9(11)16-10;1-5(17)13-6-2-3-16(4-9(6,11)12)8-15-14-7(10)18-8;1-5(16)12-7-2-3-15(4-6(7)11)9-14-13-8(10)17-9;2*1-4(15)11-7-5-2-14(3-6(5)7)9-13-12-8(10)16-9;1-5(15)13-2-3-14(7-4-6(7)13)9-12-11-8(10)16-9;1-6(14)12-2-4-13(5-3-12)8-11-10-7(9)15-8/h6,8H,3-5H2,1-2H3,(H,12,16);2*8H,2-6H2,1H3;6H,2-4H2,1H3,(H,13,17);6-7H,2-4H2,1H3,(H,12,16);2*5-7H,2-3H2,1H3,(H,11,15);6-7H,2-4H2,1H3;2-5H2,1H3/t6-,8?;2*8-;;6-,7+;2*5-,6+,7?;;/m010.0..../s1. The number of piperidine rings is 7. The molecule has 64 heteroatoms. The number of carbonyl (C=O) groups is 9. The monoisotopic (exact) mass is 2780 g/mol. The number of hydrogen-bond acceptors (Lipinski definition) is 45. The third-order valence-electron chi connectivity index (χ3n) is 25.6. The molecule has 0 aromatic carbocycles. The molecule has 12 aliphatic rings. The molecule has 147 heavy (non-hydrogen) atoms. The van der Waals surface area contributed by atoms with Crippen molar-refractivity contribution in [2.75, 3.05) is 168 Å². The number of alkyl halides is 3. The summed E-state index contributed by atoms with van der Waals surface area (Å²) in [5.74, 6) is 0.871. The summed E-state index contributed by atoms with van der Waals surface area (Å²) in [5, 5.41) is 93.5. The number of piperazine rings is 2. The second kappa shape index (κ2) is 55.4. The molecule has 9 aromatic heterocycles. The Bertz CT molecular complexity index is 5730. The van der Waals surface area contributed by atoms with Gasteiger partial charge in [0.05, 0.1) is 37.3 Å². The van der Waals surface area contributed by atoms with Crippen LogP contribution in [0, 0.1) is 35.5 Å². The zero-order valence-corrected chi connectivity index (χ0v) is 103. The van der Waals surface area contributed by atoms with Crippen molar-refractivity contribution in [1.29, 1.82) is 0 Å². The van der Waals surface area contributed by atoms with Crippen LogP contribution in [0.1, 0.15) is 140 Å². The van der Waals surface area contributed by atoms with Crippen molar-refractivity contribution >= 4 is 345 Å². The number of rotatable bonds is 18. The molecular weight excluding hydrogens is 2680 g/mol. The van der Waals surface area contributed by atoms with Crippen LogP contribution in [-0.4, -0.2) is 339 Å². The number of ketones is 2. The molecule has 5 N–H and O–H groups in total. The quantitative estimate of drug-likeness (QED) is 0.0532. The third kappa shape index (κ3) is 35.5. The topological polar surface area (TPSA) is 481 Å². The van der Waals surface area contributed by atoms with E-state index >= 15 is 0 Å². The molecule has 12 fully saturated rings. The van der Waals surface area contributed by atoms with E-state index in [2.05, 4.69) is 303 Å². The first-order chi connectivity index (χ1) is 69.9. The van der Waals surface area contributed by atoms with Gasteiger partial charge in [-0.15, -0.1) is 91.8 Å². The van der Waals surface area contributed by atoms with E-state index in [0.717, 1.165) is 206 Å². The van der Waals surface area contributed by atoms with Crippen molar-refractivity contribution < 1.29 is 56.3 Å². The number of fused-ring (bicyclic) bond motifs is 3. The summed E-state index contributed by atoms with van der Waals surface area (Å²) < 4.78 is 48.5. The molecule has 21 rings (SSSR count). The summed E-state index contributed by atoms with van der Waals surface area (Å²) in [7, 11) is 0. The lowest BCUT2D eigenvalue weighted by Crippen LogP contribution is -2.58. The molecule has 0 spiro atoms. The molecule has 9 aromatic rings. The number of hydrogen-bond donors (Lipinski definition) is 5. The molecule has 43 nitrogen and oxygen atoms in total. The molecular formula is C83H110Br9F3N34O9S9. The van der Waals surface area contributed by atoms with Crippen molar-refractivity contribution in [2.45, 2.75) is 200 Å². The van der Waals surface area contributed by atoms with Gasteiger partial charge in [0.1, 0.15) is 17.7 Å².